The van der Waals surface area contributed by atoms with Crippen molar-refractivity contribution in [3.63, 3.8) is 0 Å². The van der Waals surface area contributed by atoms with E-state index in [4.69, 9.17) is 16.3 Å². The van der Waals surface area contributed by atoms with E-state index in [9.17, 15) is 4.79 Å². The molecule has 4 aromatic rings. The zero-order chi connectivity index (χ0) is 28.1. The van der Waals surface area contributed by atoms with Gasteiger partial charge in [0, 0.05) is 31.4 Å². The van der Waals surface area contributed by atoms with Crippen LogP contribution in [-0.2, 0) is 4.79 Å². The average Bonchev–Trinajstić information content (AvgIpc) is 3.19. The highest BCUT2D eigenvalue weighted by Crippen LogP contribution is 2.39. The summed E-state index contributed by atoms with van der Waals surface area (Å²) in [5.74, 6) is 1.07. The van der Waals surface area contributed by atoms with Gasteiger partial charge in [-0.3, -0.25) is 4.79 Å². The largest absolute Gasteiger partial charge is 0.494 e. The van der Waals surface area contributed by atoms with Crippen molar-refractivity contribution in [3.8, 4) is 5.75 Å². The lowest BCUT2D eigenvalue weighted by Crippen LogP contribution is -2.29. The summed E-state index contributed by atoms with van der Waals surface area (Å²) in [4.78, 5) is 25.9. The van der Waals surface area contributed by atoms with E-state index >= 15 is 0 Å². The molecular weight excluding hydrogens is 526 g/mol. The number of amides is 1. The zero-order valence-electron chi connectivity index (χ0n) is 22.6. The number of hydrogen-bond donors (Lipinski definition) is 3. The number of halogens is 1. The number of likely N-dealkylation sites (N-methyl/N-ethyl adjacent to an activating group) is 1. The Kier molecular flexibility index (Phi) is 8.33. The third-order valence-electron chi connectivity index (χ3n) is 6.82. The minimum atomic E-state index is -0.297. The van der Waals surface area contributed by atoms with E-state index in [0.717, 1.165) is 54.7 Å². The van der Waals surface area contributed by atoms with Crippen molar-refractivity contribution in [1.82, 2.24) is 14.9 Å². The first-order valence-electron chi connectivity index (χ1n) is 13.1. The molecule has 3 aromatic carbocycles. The second kappa shape index (κ2) is 12.2. The maximum Gasteiger partial charge on any atom is 0.247 e. The van der Waals surface area contributed by atoms with Crippen molar-refractivity contribution in [2.75, 3.05) is 61.2 Å². The number of fused-ring (bicyclic) bond motifs is 1. The highest BCUT2D eigenvalue weighted by Gasteiger charge is 2.20. The molecule has 0 saturated carbocycles. The molecule has 1 aromatic heterocycles. The van der Waals surface area contributed by atoms with E-state index in [2.05, 4.69) is 61.5 Å². The van der Waals surface area contributed by atoms with E-state index in [-0.39, 0.29) is 5.91 Å². The number of anilines is 6. The predicted octanol–water partition coefficient (Wildman–Crippen LogP) is 6.05. The van der Waals surface area contributed by atoms with Gasteiger partial charge in [0.05, 0.1) is 30.4 Å². The number of carbonyl (C=O) groups is 1. The number of ether oxygens (including phenoxy) is 1. The molecule has 5 rings (SSSR count). The van der Waals surface area contributed by atoms with Crippen molar-refractivity contribution < 1.29 is 9.53 Å². The molecule has 1 amide bonds. The maximum absolute atomic E-state index is 12.3. The topological polar surface area (TPSA) is 94.6 Å². The summed E-state index contributed by atoms with van der Waals surface area (Å²) >= 11 is 6.45. The van der Waals surface area contributed by atoms with Crippen LogP contribution in [0.2, 0.25) is 5.02 Å². The molecular formula is C30H32ClN7O2. The molecule has 0 unspecified atom stereocenters. The van der Waals surface area contributed by atoms with E-state index in [1.807, 2.05) is 42.5 Å². The summed E-state index contributed by atoms with van der Waals surface area (Å²) in [5, 5.41) is 12.1. The molecule has 2 heterocycles. The normalized spacial score (nSPS) is 13.9. The molecule has 3 N–H and O–H groups in total. The highest BCUT2D eigenvalue weighted by atomic mass is 35.5. The molecule has 206 valence electrons. The summed E-state index contributed by atoms with van der Waals surface area (Å²) in [5.41, 5.74) is 2.96. The van der Waals surface area contributed by atoms with Crippen molar-refractivity contribution in [1.29, 1.82) is 0 Å². The molecule has 1 fully saturated rings. The number of nitrogens with one attached hydrogen (secondary N) is 3. The summed E-state index contributed by atoms with van der Waals surface area (Å²) in [7, 11) is 3.73. The molecule has 1 aliphatic heterocycles. The standard InChI is InChI=1S/C30H32ClN7O2/c1-4-28(39)34-24-17-25(27(40-3)18-26(24)38-13-7-12-37(2)14-15-38)35-30-32-19-23(31)29(36-30)33-22-11-10-20-8-5-6-9-21(20)16-22/h4-6,8-11,16-19H,1,7,12-15H2,2-3H3,(H,34,39)(H2,32,33,35,36). The van der Waals surface area contributed by atoms with Crippen LogP contribution in [0.25, 0.3) is 10.8 Å². The van der Waals surface area contributed by atoms with E-state index in [1.54, 1.807) is 7.11 Å². The molecule has 0 radical (unpaired) electrons. The molecule has 0 atom stereocenters. The van der Waals surface area contributed by atoms with Crippen LogP contribution in [0, 0.1) is 0 Å². The molecule has 0 aliphatic carbocycles. The Morgan fingerprint density at radius 2 is 1.85 bits per heavy atom. The van der Waals surface area contributed by atoms with Crippen LogP contribution in [0.4, 0.5) is 34.5 Å². The van der Waals surface area contributed by atoms with Gasteiger partial charge in [-0.15, -0.1) is 0 Å². The van der Waals surface area contributed by atoms with Crippen LogP contribution in [0.1, 0.15) is 6.42 Å². The van der Waals surface area contributed by atoms with Gasteiger partial charge < -0.3 is 30.5 Å². The van der Waals surface area contributed by atoms with Gasteiger partial charge >= 0.3 is 0 Å². The lowest BCUT2D eigenvalue weighted by molar-refractivity contribution is -0.111. The summed E-state index contributed by atoms with van der Waals surface area (Å²) in [6.07, 6.45) is 3.80. The summed E-state index contributed by atoms with van der Waals surface area (Å²) in [6, 6.07) is 17.9. The SMILES string of the molecule is C=CC(=O)Nc1cc(Nc2ncc(Cl)c(Nc3ccc4ccccc4c3)n2)c(OC)cc1N1CCCN(C)CC1. The third-order valence-corrected chi connectivity index (χ3v) is 7.10. The van der Waals surface area contributed by atoms with Crippen LogP contribution in [0.15, 0.2) is 73.4 Å². The van der Waals surface area contributed by atoms with Gasteiger partial charge in [0.25, 0.3) is 0 Å². The Morgan fingerprint density at radius 3 is 2.65 bits per heavy atom. The molecule has 1 saturated heterocycles. The lowest BCUT2D eigenvalue weighted by Gasteiger charge is -2.27. The first kappa shape index (κ1) is 27.2. The number of benzene rings is 3. The number of nitrogens with zero attached hydrogens (tertiary/aromatic N) is 4. The Labute approximate surface area is 238 Å². The van der Waals surface area contributed by atoms with Crippen LogP contribution < -0.4 is 25.6 Å². The number of aromatic nitrogens is 2. The van der Waals surface area contributed by atoms with Crippen molar-refractivity contribution in [2.45, 2.75) is 6.42 Å². The fraction of sp³-hybridized carbons (Fsp3) is 0.233. The van der Waals surface area contributed by atoms with Gasteiger partial charge in [0.2, 0.25) is 11.9 Å². The average molecular weight is 558 g/mol. The molecule has 0 bridgehead atoms. The first-order valence-corrected chi connectivity index (χ1v) is 13.5. The monoisotopic (exact) mass is 557 g/mol. The fourth-order valence-corrected chi connectivity index (χ4v) is 4.85. The predicted molar refractivity (Wildman–Crippen MR) is 164 cm³/mol. The number of hydrogen-bond acceptors (Lipinski definition) is 8. The van der Waals surface area contributed by atoms with E-state index in [0.29, 0.717) is 33.9 Å². The van der Waals surface area contributed by atoms with Gasteiger partial charge in [-0.1, -0.05) is 48.5 Å². The van der Waals surface area contributed by atoms with Crippen LogP contribution >= 0.6 is 11.6 Å². The van der Waals surface area contributed by atoms with Crippen LogP contribution in [0.3, 0.4) is 0 Å². The second-order valence-electron chi connectivity index (χ2n) is 9.61. The quantitative estimate of drug-likeness (QED) is 0.226. The number of methoxy groups -OCH3 is 1. The van der Waals surface area contributed by atoms with Gasteiger partial charge in [0.15, 0.2) is 5.82 Å². The molecule has 0 spiro atoms. The highest BCUT2D eigenvalue weighted by molar-refractivity contribution is 6.33. The fourth-order valence-electron chi connectivity index (χ4n) is 4.71. The van der Waals surface area contributed by atoms with Gasteiger partial charge in [-0.05, 0) is 55.1 Å². The minimum absolute atomic E-state index is 0.297. The van der Waals surface area contributed by atoms with E-state index in [1.165, 1.54) is 12.3 Å². The van der Waals surface area contributed by atoms with Crippen molar-refractivity contribution >= 4 is 62.8 Å². The van der Waals surface area contributed by atoms with Gasteiger partial charge in [-0.2, -0.15) is 4.98 Å². The summed E-state index contributed by atoms with van der Waals surface area (Å²) < 4.78 is 5.75. The summed E-state index contributed by atoms with van der Waals surface area (Å²) in [6.45, 7) is 7.23. The van der Waals surface area contributed by atoms with Gasteiger partial charge in [0.1, 0.15) is 10.8 Å². The second-order valence-corrected chi connectivity index (χ2v) is 10.0. The minimum Gasteiger partial charge on any atom is -0.494 e. The van der Waals surface area contributed by atoms with Crippen LogP contribution in [-0.4, -0.2) is 61.1 Å². The Bertz CT molecular complexity index is 1540. The van der Waals surface area contributed by atoms with E-state index < -0.39 is 0 Å². The lowest BCUT2D eigenvalue weighted by atomic mass is 10.1. The van der Waals surface area contributed by atoms with Gasteiger partial charge in [-0.25, -0.2) is 4.98 Å². The number of rotatable bonds is 8. The maximum atomic E-state index is 12.3. The molecule has 40 heavy (non-hydrogen) atoms. The number of carbonyl (C=O) groups excluding carboxylic acids is 1. The molecule has 10 heteroatoms. The van der Waals surface area contributed by atoms with Crippen molar-refractivity contribution in [2.24, 2.45) is 0 Å². The zero-order valence-corrected chi connectivity index (χ0v) is 23.3. The van der Waals surface area contributed by atoms with Crippen molar-refractivity contribution in [3.05, 3.63) is 78.5 Å². The molecule has 9 nitrogen and oxygen atoms in total. The Hall–Kier alpha value is -4.34. The third kappa shape index (κ3) is 6.27. The Morgan fingerprint density at radius 1 is 1.02 bits per heavy atom. The Balaban J connectivity index is 1.45. The first-order chi connectivity index (χ1) is 19.4. The smallest absolute Gasteiger partial charge is 0.247 e. The van der Waals surface area contributed by atoms with Crippen LogP contribution in [0.5, 0.6) is 5.75 Å². The molecule has 1 aliphatic rings.